The van der Waals surface area contributed by atoms with E-state index in [0.29, 0.717) is 11.4 Å². The number of carbonyl (C=O) groups excluding carboxylic acids is 1. The first-order chi connectivity index (χ1) is 10.6. The van der Waals surface area contributed by atoms with Gasteiger partial charge in [-0.3, -0.25) is 0 Å². The van der Waals surface area contributed by atoms with Crippen LogP contribution in [0.15, 0.2) is 42.5 Å². The highest BCUT2D eigenvalue weighted by Crippen LogP contribution is 2.26. The van der Waals surface area contributed by atoms with Crippen LogP contribution < -0.4 is 10.1 Å². The normalized spacial score (nSPS) is 10.7. The van der Waals surface area contributed by atoms with Crippen LogP contribution >= 0.6 is 0 Å². The Hall–Kier alpha value is -2.82. The van der Waals surface area contributed by atoms with Crippen LogP contribution in [-0.4, -0.2) is 22.9 Å². The van der Waals surface area contributed by atoms with E-state index in [9.17, 15) is 4.79 Å². The minimum atomic E-state index is -0.312. The van der Waals surface area contributed by atoms with E-state index < -0.39 is 0 Å². The van der Waals surface area contributed by atoms with E-state index in [1.165, 1.54) is 4.68 Å². The average molecular weight is 295 g/mol. The molecule has 0 radical (unpaired) electrons. The number of ether oxygens (including phenoxy) is 1. The number of amides is 1. The number of hydrogen-bond acceptors (Lipinski definition) is 3. The van der Waals surface area contributed by atoms with Crippen LogP contribution in [0.3, 0.4) is 0 Å². The Balaban J connectivity index is 1.99. The summed E-state index contributed by atoms with van der Waals surface area (Å²) in [6.07, 6.45) is 0. The minimum Gasteiger partial charge on any atom is -0.495 e. The topological polar surface area (TPSA) is 56.1 Å². The zero-order valence-corrected chi connectivity index (χ0v) is 12.8. The fourth-order valence-electron chi connectivity index (χ4n) is 2.46. The molecule has 1 heterocycles. The molecule has 0 bridgehead atoms. The molecule has 22 heavy (non-hydrogen) atoms. The number of nitrogens with zero attached hydrogens (tertiary/aromatic N) is 2. The second kappa shape index (κ2) is 5.52. The molecule has 1 amide bonds. The van der Waals surface area contributed by atoms with E-state index in [-0.39, 0.29) is 6.03 Å². The van der Waals surface area contributed by atoms with E-state index >= 15 is 0 Å². The molecule has 0 aliphatic rings. The van der Waals surface area contributed by atoms with Crippen molar-refractivity contribution in [2.45, 2.75) is 13.8 Å². The smallest absolute Gasteiger partial charge is 0.347 e. The van der Waals surface area contributed by atoms with Crippen molar-refractivity contribution in [2.24, 2.45) is 0 Å². The summed E-state index contributed by atoms with van der Waals surface area (Å²) < 4.78 is 6.67. The molecule has 3 rings (SSSR count). The lowest BCUT2D eigenvalue weighted by Crippen LogP contribution is -2.21. The molecular formula is C17H17N3O2. The van der Waals surface area contributed by atoms with Gasteiger partial charge in [0.05, 0.1) is 24.0 Å². The fraction of sp³-hybridized carbons (Fsp3) is 0.176. The molecule has 0 fully saturated rings. The van der Waals surface area contributed by atoms with Gasteiger partial charge in [0, 0.05) is 5.39 Å². The number of aryl methyl sites for hydroxylation is 2. The minimum absolute atomic E-state index is 0.312. The van der Waals surface area contributed by atoms with Gasteiger partial charge in [0.1, 0.15) is 5.75 Å². The highest BCUT2D eigenvalue weighted by atomic mass is 16.5. The molecule has 3 aromatic rings. The van der Waals surface area contributed by atoms with Gasteiger partial charge in [0.15, 0.2) is 0 Å². The number of fused-ring (bicyclic) bond motifs is 1. The first-order valence-corrected chi connectivity index (χ1v) is 7.00. The van der Waals surface area contributed by atoms with Crippen LogP contribution in [0.1, 0.15) is 11.3 Å². The molecule has 0 spiro atoms. The van der Waals surface area contributed by atoms with Crippen LogP contribution in [0, 0.1) is 13.8 Å². The van der Waals surface area contributed by atoms with Crippen molar-refractivity contribution in [3.8, 4) is 5.75 Å². The monoisotopic (exact) mass is 295 g/mol. The molecule has 1 aromatic heterocycles. The van der Waals surface area contributed by atoms with Gasteiger partial charge in [-0.1, -0.05) is 24.3 Å². The lowest BCUT2D eigenvalue weighted by atomic mass is 10.2. The van der Waals surface area contributed by atoms with Gasteiger partial charge < -0.3 is 10.1 Å². The molecule has 1 N–H and O–H groups in total. The average Bonchev–Trinajstić information content (AvgIpc) is 2.85. The summed E-state index contributed by atoms with van der Waals surface area (Å²) in [5, 5.41) is 8.15. The quantitative estimate of drug-likeness (QED) is 0.783. The summed E-state index contributed by atoms with van der Waals surface area (Å²) >= 11 is 0. The van der Waals surface area contributed by atoms with Gasteiger partial charge in [-0.2, -0.15) is 9.78 Å². The summed E-state index contributed by atoms with van der Waals surface area (Å²) in [6.45, 7) is 3.85. The van der Waals surface area contributed by atoms with Crippen LogP contribution in [0.5, 0.6) is 5.75 Å². The lowest BCUT2D eigenvalue weighted by molar-refractivity contribution is 0.251. The van der Waals surface area contributed by atoms with Gasteiger partial charge in [0.2, 0.25) is 0 Å². The van der Waals surface area contributed by atoms with Crippen LogP contribution in [0.2, 0.25) is 0 Å². The Morgan fingerprint density at radius 2 is 1.95 bits per heavy atom. The Labute approximate surface area is 128 Å². The van der Waals surface area contributed by atoms with Crippen molar-refractivity contribution in [3.05, 3.63) is 53.7 Å². The van der Waals surface area contributed by atoms with E-state index in [1.807, 2.05) is 56.3 Å². The van der Waals surface area contributed by atoms with Crippen molar-refractivity contribution >= 4 is 22.6 Å². The number of carbonyl (C=O) groups is 1. The molecular weight excluding hydrogens is 278 g/mol. The molecule has 0 aliphatic heterocycles. The zero-order valence-electron chi connectivity index (χ0n) is 12.8. The molecule has 0 atom stereocenters. The van der Waals surface area contributed by atoms with Gasteiger partial charge in [-0.15, -0.1) is 0 Å². The van der Waals surface area contributed by atoms with E-state index in [1.54, 1.807) is 7.11 Å². The number of rotatable bonds is 2. The molecule has 5 nitrogen and oxygen atoms in total. The van der Waals surface area contributed by atoms with Crippen LogP contribution in [0.25, 0.3) is 10.9 Å². The highest BCUT2D eigenvalue weighted by molar-refractivity contribution is 5.98. The fourth-order valence-corrected chi connectivity index (χ4v) is 2.46. The summed E-state index contributed by atoms with van der Waals surface area (Å²) in [5.41, 5.74) is 3.27. The first-order valence-electron chi connectivity index (χ1n) is 7.00. The third kappa shape index (κ3) is 2.41. The molecule has 0 saturated carbocycles. The largest absolute Gasteiger partial charge is 0.495 e. The molecule has 112 valence electrons. The molecule has 0 unspecified atom stereocenters. The van der Waals surface area contributed by atoms with Crippen molar-refractivity contribution < 1.29 is 9.53 Å². The highest BCUT2D eigenvalue weighted by Gasteiger charge is 2.15. The SMILES string of the molecule is COc1ccc(C)cc1NC(=O)n1nc(C)c2ccccc21. The van der Waals surface area contributed by atoms with E-state index in [2.05, 4.69) is 10.4 Å². The van der Waals surface area contributed by atoms with Crippen molar-refractivity contribution in [3.63, 3.8) is 0 Å². The molecule has 2 aromatic carbocycles. The Morgan fingerprint density at radius 3 is 2.73 bits per heavy atom. The van der Waals surface area contributed by atoms with Gasteiger partial charge in [0.25, 0.3) is 0 Å². The molecule has 5 heteroatoms. The van der Waals surface area contributed by atoms with Crippen LogP contribution in [0.4, 0.5) is 10.5 Å². The Kier molecular flexibility index (Phi) is 3.55. The van der Waals surface area contributed by atoms with Crippen molar-refractivity contribution in [1.82, 2.24) is 9.78 Å². The Morgan fingerprint density at radius 1 is 1.18 bits per heavy atom. The maximum absolute atomic E-state index is 12.6. The number of para-hydroxylation sites is 1. The number of aromatic nitrogens is 2. The summed E-state index contributed by atoms with van der Waals surface area (Å²) in [5.74, 6) is 0.618. The summed E-state index contributed by atoms with van der Waals surface area (Å²) in [4.78, 5) is 12.6. The zero-order chi connectivity index (χ0) is 15.7. The van der Waals surface area contributed by atoms with Crippen molar-refractivity contribution in [1.29, 1.82) is 0 Å². The Bertz CT molecular complexity index is 852. The third-order valence-corrected chi connectivity index (χ3v) is 3.56. The van der Waals surface area contributed by atoms with Crippen LogP contribution in [-0.2, 0) is 0 Å². The van der Waals surface area contributed by atoms with Gasteiger partial charge in [-0.25, -0.2) is 4.79 Å². The standard InChI is InChI=1S/C17H17N3O2/c1-11-8-9-16(22-3)14(10-11)18-17(21)20-15-7-5-4-6-13(15)12(2)19-20/h4-10H,1-3H3,(H,18,21). The lowest BCUT2D eigenvalue weighted by Gasteiger charge is -2.11. The summed E-state index contributed by atoms with van der Waals surface area (Å²) in [7, 11) is 1.58. The predicted octanol–water partition coefficient (Wildman–Crippen LogP) is 3.74. The maximum Gasteiger partial charge on any atom is 0.347 e. The predicted molar refractivity (Wildman–Crippen MR) is 86.6 cm³/mol. The number of benzene rings is 2. The van der Waals surface area contributed by atoms with E-state index in [0.717, 1.165) is 22.2 Å². The first kappa shape index (κ1) is 14.1. The molecule has 0 saturated heterocycles. The summed E-state index contributed by atoms with van der Waals surface area (Å²) in [6, 6.07) is 13.0. The number of hydrogen-bond donors (Lipinski definition) is 1. The second-order valence-corrected chi connectivity index (χ2v) is 5.15. The maximum atomic E-state index is 12.6. The van der Waals surface area contributed by atoms with Gasteiger partial charge in [-0.05, 0) is 37.6 Å². The number of nitrogens with one attached hydrogen (secondary N) is 1. The number of anilines is 1. The number of methoxy groups -OCH3 is 1. The molecule has 0 aliphatic carbocycles. The van der Waals surface area contributed by atoms with E-state index in [4.69, 9.17) is 4.74 Å². The van der Waals surface area contributed by atoms with Gasteiger partial charge >= 0.3 is 6.03 Å². The second-order valence-electron chi connectivity index (χ2n) is 5.15. The van der Waals surface area contributed by atoms with Crippen molar-refractivity contribution in [2.75, 3.05) is 12.4 Å². The third-order valence-electron chi connectivity index (χ3n) is 3.56.